The lowest BCUT2D eigenvalue weighted by Crippen LogP contribution is -2.43. The highest BCUT2D eigenvalue weighted by atomic mass is 32.2. The first-order chi connectivity index (χ1) is 9.70. The van der Waals surface area contributed by atoms with Gasteiger partial charge in [0, 0.05) is 24.3 Å². The van der Waals surface area contributed by atoms with E-state index < -0.39 is 10.0 Å². The van der Waals surface area contributed by atoms with Gasteiger partial charge in [-0.05, 0) is 70.7 Å². The normalized spacial score (nSPS) is 18.9. The second-order valence-corrected chi connectivity index (χ2v) is 8.26. The van der Waals surface area contributed by atoms with Crippen molar-refractivity contribution in [1.29, 1.82) is 0 Å². The second kappa shape index (κ2) is 5.61. The van der Waals surface area contributed by atoms with Gasteiger partial charge < -0.3 is 5.32 Å². The van der Waals surface area contributed by atoms with E-state index in [0.717, 1.165) is 36.2 Å². The monoisotopic (exact) mass is 310 g/mol. The number of hydrogen-bond acceptors (Lipinski definition) is 3. The molecule has 1 aromatic carbocycles. The SMILES string of the molecule is CCNc1cc(C)c(S(=O)(=O)N2CCCC2(C)C)c(C)c1. The molecule has 2 rings (SSSR count). The van der Waals surface area contributed by atoms with E-state index in [1.165, 1.54) is 0 Å². The molecule has 1 fully saturated rings. The number of aryl methyl sites for hydroxylation is 2. The van der Waals surface area contributed by atoms with Crippen LogP contribution in [0.1, 0.15) is 44.7 Å². The number of benzene rings is 1. The zero-order valence-electron chi connectivity index (χ0n) is 13.7. The third-order valence-corrected chi connectivity index (χ3v) is 6.63. The van der Waals surface area contributed by atoms with Crippen LogP contribution in [0, 0.1) is 13.8 Å². The number of nitrogens with zero attached hydrogens (tertiary/aromatic N) is 1. The smallest absolute Gasteiger partial charge is 0.244 e. The number of nitrogens with one attached hydrogen (secondary N) is 1. The molecule has 0 aliphatic carbocycles. The lowest BCUT2D eigenvalue weighted by atomic mass is 10.0. The van der Waals surface area contributed by atoms with Crippen LogP contribution in [0.3, 0.4) is 0 Å². The first-order valence-electron chi connectivity index (χ1n) is 7.58. The zero-order valence-corrected chi connectivity index (χ0v) is 14.5. The van der Waals surface area contributed by atoms with Crippen molar-refractivity contribution in [2.75, 3.05) is 18.4 Å². The molecule has 1 aromatic rings. The number of sulfonamides is 1. The molecule has 0 unspecified atom stereocenters. The third kappa shape index (κ3) is 2.94. The Morgan fingerprint density at radius 2 is 1.81 bits per heavy atom. The van der Waals surface area contributed by atoms with Crippen molar-refractivity contribution in [3.8, 4) is 0 Å². The molecule has 1 aliphatic heterocycles. The maximum absolute atomic E-state index is 13.1. The van der Waals surface area contributed by atoms with Gasteiger partial charge in [0.15, 0.2) is 0 Å². The molecule has 0 radical (unpaired) electrons. The Morgan fingerprint density at radius 1 is 1.24 bits per heavy atom. The van der Waals surface area contributed by atoms with Crippen LogP contribution >= 0.6 is 0 Å². The van der Waals surface area contributed by atoms with Gasteiger partial charge in [-0.15, -0.1) is 0 Å². The summed E-state index contributed by atoms with van der Waals surface area (Å²) in [4.78, 5) is 0.471. The maximum atomic E-state index is 13.1. The van der Waals surface area contributed by atoms with Gasteiger partial charge in [0.2, 0.25) is 10.0 Å². The van der Waals surface area contributed by atoms with Crippen molar-refractivity contribution in [3.63, 3.8) is 0 Å². The Bertz CT molecular complexity index is 613. The molecule has 0 bridgehead atoms. The fourth-order valence-corrected chi connectivity index (χ4v) is 5.57. The summed E-state index contributed by atoms with van der Waals surface area (Å²) in [6.45, 7) is 11.2. The minimum absolute atomic E-state index is 0.294. The zero-order chi connectivity index (χ0) is 15.8. The lowest BCUT2D eigenvalue weighted by Gasteiger charge is -2.31. The van der Waals surface area contributed by atoms with E-state index in [1.807, 2.05) is 46.8 Å². The van der Waals surface area contributed by atoms with Gasteiger partial charge in [-0.25, -0.2) is 8.42 Å². The minimum atomic E-state index is -3.43. The molecular formula is C16H26N2O2S. The Morgan fingerprint density at radius 3 is 2.24 bits per heavy atom. The fraction of sp³-hybridized carbons (Fsp3) is 0.625. The molecule has 1 aliphatic rings. The molecular weight excluding hydrogens is 284 g/mol. The molecule has 1 saturated heterocycles. The molecule has 0 aromatic heterocycles. The number of anilines is 1. The summed E-state index contributed by atoms with van der Waals surface area (Å²) in [5, 5.41) is 3.25. The largest absolute Gasteiger partial charge is 0.385 e. The summed E-state index contributed by atoms with van der Waals surface area (Å²) in [5.41, 5.74) is 2.31. The molecule has 1 N–H and O–H groups in total. The number of rotatable bonds is 4. The molecule has 0 amide bonds. The van der Waals surface area contributed by atoms with E-state index in [1.54, 1.807) is 4.31 Å². The van der Waals surface area contributed by atoms with Crippen LogP contribution in [0.4, 0.5) is 5.69 Å². The Kier molecular flexibility index (Phi) is 4.36. The molecule has 21 heavy (non-hydrogen) atoms. The average Bonchev–Trinajstić information content (AvgIpc) is 2.68. The van der Waals surface area contributed by atoms with Gasteiger partial charge in [-0.3, -0.25) is 0 Å². The van der Waals surface area contributed by atoms with E-state index in [4.69, 9.17) is 0 Å². The Balaban J connectivity index is 2.51. The highest BCUT2D eigenvalue weighted by Crippen LogP contribution is 2.36. The van der Waals surface area contributed by atoms with Gasteiger partial charge >= 0.3 is 0 Å². The highest BCUT2D eigenvalue weighted by Gasteiger charge is 2.41. The molecule has 118 valence electrons. The van der Waals surface area contributed by atoms with E-state index in [-0.39, 0.29) is 5.54 Å². The van der Waals surface area contributed by atoms with Gasteiger partial charge in [0.25, 0.3) is 0 Å². The van der Waals surface area contributed by atoms with Crippen molar-refractivity contribution in [2.45, 2.75) is 57.9 Å². The first-order valence-corrected chi connectivity index (χ1v) is 9.02. The van der Waals surface area contributed by atoms with Crippen molar-refractivity contribution < 1.29 is 8.42 Å². The topological polar surface area (TPSA) is 49.4 Å². The van der Waals surface area contributed by atoms with E-state index in [2.05, 4.69) is 5.32 Å². The van der Waals surface area contributed by atoms with Crippen LogP contribution in [-0.2, 0) is 10.0 Å². The van der Waals surface area contributed by atoms with Gasteiger partial charge in [-0.1, -0.05) is 0 Å². The fourth-order valence-electron chi connectivity index (χ4n) is 3.30. The van der Waals surface area contributed by atoms with E-state index in [9.17, 15) is 8.42 Å². The Hall–Kier alpha value is -1.07. The standard InChI is InChI=1S/C16H26N2O2S/c1-6-17-14-10-12(2)15(13(3)11-14)21(19,20)18-9-7-8-16(18,4)5/h10-11,17H,6-9H2,1-5H3. The van der Waals surface area contributed by atoms with Crippen LogP contribution in [0.15, 0.2) is 17.0 Å². The molecule has 5 heteroatoms. The van der Waals surface area contributed by atoms with Crippen molar-refractivity contribution >= 4 is 15.7 Å². The highest BCUT2D eigenvalue weighted by molar-refractivity contribution is 7.89. The van der Waals surface area contributed by atoms with Crippen LogP contribution in [0.25, 0.3) is 0 Å². The summed E-state index contributed by atoms with van der Waals surface area (Å²) in [6, 6.07) is 3.85. The van der Waals surface area contributed by atoms with Gasteiger partial charge in [0.1, 0.15) is 0 Å². The number of hydrogen-bond donors (Lipinski definition) is 1. The summed E-state index contributed by atoms with van der Waals surface area (Å²) in [7, 11) is -3.43. The summed E-state index contributed by atoms with van der Waals surface area (Å²) in [5.74, 6) is 0. The van der Waals surface area contributed by atoms with Gasteiger partial charge in [0.05, 0.1) is 4.90 Å². The molecule has 0 atom stereocenters. The molecule has 0 saturated carbocycles. The molecule has 0 spiro atoms. The van der Waals surface area contributed by atoms with Crippen molar-refractivity contribution in [2.24, 2.45) is 0 Å². The maximum Gasteiger partial charge on any atom is 0.244 e. The van der Waals surface area contributed by atoms with Crippen LogP contribution in [0.5, 0.6) is 0 Å². The first kappa shape index (κ1) is 16.3. The van der Waals surface area contributed by atoms with E-state index in [0.29, 0.717) is 11.4 Å². The van der Waals surface area contributed by atoms with Crippen LogP contribution < -0.4 is 5.32 Å². The predicted octanol–water partition coefficient (Wildman–Crippen LogP) is 3.30. The van der Waals surface area contributed by atoms with Gasteiger partial charge in [-0.2, -0.15) is 4.31 Å². The third-order valence-electron chi connectivity index (χ3n) is 4.21. The quantitative estimate of drug-likeness (QED) is 0.928. The van der Waals surface area contributed by atoms with E-state index >= 15 is 0 Å². The van der Waals surface area contributed by atoms with Crippen molar-refractivity contribution in [3.05, 3.63) is 23.3 Å². The summed E-state index contributed by atoms with van der Waals surface area (Å²) >= 11 is 0. The van der Waals surface area contributed by atoms with Crippen molar-refractivity contribution in [1.82, 2.24) is 4.31 Å². The molecule has 4 nitrogen and oxygen atoms in total. The van der Waals surface area contributed by atoms with Crippen LogP contribution in [0.2, 0.25) is 0 Å². The summed E-state index contributed by atoms with van der Waals surface area (Å²) in [6.07, 6.45) is 1.85. The second-order valence-electron chi connectivity index (χ2n) is 6.46. The summed E-state index contributed by atoms with van der Waals surface area (Å²) < 4.78 is 27.8. The average molecular weight is 310 g/mol. The lowest BCUT2D eigenvalue weighted by molar-refractivity contribution is 0.291. The Labute approximate surface area is 128 Å². The predicted molar refractivity (Wildman–Crippen MR) is 87.3 cm³/mol. The van der Waals surface area contributed by atoms with Crippen LogP contribution in [-0.4, -0.2) is 31.4 Å². The minimum Gasteiger partial charge on any atom is -0.385 e. The molecule has 1 heterocycles.